The summed E-state index contributed by atoms with van der Waals surface area (Å²) >= 11 is 0. The minimum atomic E-state index is 0.811. The van der Waals surface area contributed by atoms with Crippen LogP contribution in [0.5, 0.6) is 0 Å². The van der Waals surface area contributed by atoms with Gasteiger partial charge in [0.2, 0.25) is 0 Å². The molecule has 0 aliphatic carbocycles. The molecule has 0 saturated carbocycles. The second-order valence-electron chi connectivity index (χ2n) is 7.11. The Morgan fingerprint density at radius 1 is 0.962 bits per heavy atom. The van der Waals surface area contributed by atoms with E-state index in [1.807, 2.05) is 0 Å². The zero-order valence-corrected chi connectivity index (χ0v) is 14.8. The van der Waals surface area contributed by atoms with Gasteiger partial charge in [0.05, 0.1) is 0 Å². The fraction of sp³-hybridized carbons (Fsp3) is 0.273. The smallest absolute Gasteiger partial charge is 0.138 e. The Morgan fingerprint density at radius 3 is 2.77 bits per heavy atom. The minimum Gasteiger partial charge on any atom is -0.460 e. The Kier molecular flexibility index (Phi) is 4.00. The first-order chi connectivity index (χ1) is 12.9. The quantitative estimate of drug-likeness (QED) is 0.589. The molecule has 0 unspecified atom stereocenters. The van der Waals surface area contributed by atoms with Crippen molar-refractivity contribution in [2.75, 3.05) is 26.2 Å². The van der Waals surface area contributed by atoms with Crippen LogP contribution >= 0.6 is 0 Å². The molecule has 4 nitrogen and oxygen atoms in total. The topological polar surface area (TPSA) is 44.2 Å². The summed E-state index contributed by atoms with van der Waals surface area (Å²) in [4.78, 5) is 5.85. The maximum absolute atomic E-state index is 6.31. The number of nitrogens with zero attached hydrogens (tertiary/aromatic N) is 1. The van der Waals surface area contributed by atoms with Crippen molar-refractivity contribution >= 4 is 21.9 Å². The summed E-state index contributed by atoms with van der Waals surface area (Å²) in [5.41, 5.74) is 4.79. The molecule has 3 heterocycles. The Labute approximate surface area is 152 Å². The van der Waals surface area contributed by atoms with Gasteiger partial charge in [-0.3, -0.25) is 4.90 Å². The lowest BCUT2D eigenvalue weighted by Gasteiger charge is -2.27. The number of para-hydroxylation sites is 2. The molecule has 0 atom stereocenters. The summed E-state index contributed by atoms with van der Waals surface area (Å²) in [6.45, 7) is 5.29. The lowest BCUT2D eigenvalue weighted by Crippen LogP contribution is -2.42. The molecule has 2 aromatic heterocycles. The van der Waals surface area contributed by atoms with Crippen LogP contribution < -0.4 is 5.32 Å². The number of piperazine rings is 1. The number of aromatic amines is 1. The van der Waals surface area contributed by atoms with E-state index in [0.29, 0.717) is 0 Å². The minimum absolute atomic E-state index is 0.811. The molecule has 5 rings (SSSR count). The van der Waals surface area contributed by atoms with Crippen molar-refractivity contribution in [3.63, 3.8) is 0 Å². The van der Waals surface area contributed by atoms with Gasteiger partial charge in [0, 0.05) is 67.2 Å². The third-order valence-corrected chi connectivity index (χ3v) is 5.32. The van der Waals surface area contributed by atoms with Crippen molar-refractivity contribution in [1.29, 1.82) is 0 Å². The van der Waals surface area contributed by atoms with E-state index in [2.05, 4.69) is 69.9 Å². The third kappa shape index (κ3) is 2.91. The second-order valence-corrected chi connectivity index (χ2v) is 7.11. The van der Waals surface area contributed by atoms with Gasteiger partial charge in [0.15, 0.2) is 0 Å². The largest absolute Gasteiger partial charge is 0.460 e. The maximum Gasteiger partial charge on any atom is 0.138 e. The number of fused-ring (bicyclic) bond motifs is 2. The van der Waals surface area contributed by atoms with Crippen LogP contribution in [-0.2, 0) is 13.0 Å². The summed E-state index contributed by atoms with van der Waals surface area (Å²) in [5, 5.41) is 5.89. The van der Waals surface area contributed by atoms with E-state index >= 15 is 0 Å². The van der Waals surface area contributed by atoms with Gasteiger partial charge in [0.25, 0.3) is 0 Å². The van der Waals surface area contributed by atoms with E-state index in [1.54, 1.807) is 0 Å². The van der Waals surface area contributed by atoms with Crippen molar-refractivity contribution in [3.8, 4) is 0 Å². The Hall–Kier alpha value is -2.56. The Bertz CT molecular complexity index is 1040. The van der Waals surface area contributed by atoms with E-state index in [0.717, 1.165) is 50.5 Å². The number of H-pyrrole nitrogens is 1. The van der Waals surface area contributed by atoms with Gasteiger partial charge < -0.3 is 14.7 Å². The van der Waals surface area contributed by atoms with Crippen LogP contribution in [0.2, 0.25) is 0 Å². The molecule has 1 fully saturated rings. The molecule has 0 spiro atoms. The molecule has 1 aliphatic heterocycles. The van der Waals surface area contributed by atoms with Crippen LogP contribution in [0.3, 0.4) is 0 Å². The van der Waals surface area contributed by atoms with E-state index < -0.39 is 0 Å². The molecule has 0 amide bonds. The van der Waals surface area contributed by atoms with Gasteiger partial charge >= 0.3 is 0 Å². The highest BCUT2D eigenvalue weighted by Crippen LogP contribution is 2.27. The summed E-state index contributed by atoms with van der Waals surface area (Å²) in [5.74, 6) is 1.03. The Morgan fingerprint density at radius 2 is 1.85 bits per heavy atom. The second kappa shape index (κ2) is 6.63. The first-order valence-corrected chi connectivity index (χ1v) is 9.35. The van der Waals surface area contributed by atoms with Crippen molar-refractivity contribution < 1.29 is 4.42 Å². The molecule has 1 saturated heterocycles. The summed E-state index contributed by atoms with van der Waals surface area (Å²) in [6.07, 6.45) is 2.91. The van der Waals surface area contributed by atoms with Crippen LogP contribution in [0.15, 0.2) is 59.1 Å². The monoisotopic (exact) mass is 345 g/mol. The molecule has 4 heteroatoms. The molecule has 4 aromatic rings. The van der Waals surface area contributed by atoms with Gasteiger partial charge in [-0.25, -0.2) is 0 Å². The van der Waals surface area contributed by atoms with E-state index in [4.69, 9.17) is 4.42 Å². The Balaban J connectivity index is 1.45. The van der Waals surface area contributed by atoms with Gasteiger partial charge in [-0.15, -0.1) is 0 Å². The van der Waals surface area contributed by atoms with Gasteiger partial charge in [-0.05, 0) is 17.7 Å². The van der Waals surface area contributed by atoms with E-state index in [1.165, 1.54) is 27.4 Å². The first kappa shape index (κ1) is 15.7. The average molecular weight is 345 g/mol. The van der Waals surface area contributed by atoms with Gasteiger partial charge in [-0.1, -0.05) is 36.4 Å². The predicted molar refractivity (Wildman–Crippen MR) is 105 cm³/mol. The zero-order chi connectivity index (χ0) is 17.3. The van der Waals surface area contributed by atoms with Crippen LogP contribution in [0.25, 0.3) is 21.9 Å². The molecule has 2 N–H and O–H groups in total. The molecule has 0 radical (unpaired) electrons. The standard InChI is InChI=1S/C22H23N3O/c1-2-7-21-20(6-1)18(14-24-21)13-19-12-16-4-3-5-17(22(16)26-19)15-25-10-8-23-9-11-25/h1-7,12,14,23-24H,8-11,13,15H2. The van der Waals surface area contributed by atoms with Crippen LogP contribution in [-0.4, -0.2) is 36.1 Å². The normalized spacial score (nSPS) is 15.8. The van der Waals surface area contributed by atoms with E-state index in [-0.39, 0.29) is 0 Å². The van der Waals surface area contributed by atoms with Crippen LogP contribution in [0, 0.1) is 0 Å². The average Bonchev–Trinajstić information content (AvgIpc) is 3.28. The van der Waals surface area contributed by atoms with Crippen molar-refractivity contribution in [3.05, 3.63) is 71.6 Å². The van der Waals surface area contributed by atoms with Crippen LogP contribution in [0.4, 0.5) is 0 Å². The summed E-state index contributed by atoms with van der Waals surface area (Å²) in [6, 6.07) is 17.1. The zero-order valence-electron chi connectivity index (χ0n) is 14.8. The SMILES string of the molecule is c1cc(CN2CCNCC2)c2oc(Cc3c[nH]c4ccccc34)cc2c1. The highest BCUT2D eigenvalue weighted by atomic mass is 16.3. The molecular weight excluding hydrogens is 322 g/mol. The van der Waals surface area contributed by atoms with Gasteiger partial charge in [-0.2, -0.15) is 0 Å². The number of nitrogens with one attached hydrogen (secondary N) is 2. The highest BCUT2D eigenvalue weighted by molar-refractivity contribution is 5.84. The molecule has 26 heavy (non-hydrogen) atoms. The highest BCUT2D eigenvalue weighted by Gasteiger charge is 2.15. The summed E-state index contributed by atoms with van der Waals surface area (Å²) in [7, 11) is 0. The fourth-order valence-electron chi connectivity index (χ4n) is 3.96. The number of furan rings is 1. The predicted octanol–water partition coefficient (Wildman–Crippen LogP) is 3.91. The maximum atomic E-state index is 6.31. The number of rotatable bonds is 4. The lowest BCUT2D eigenvalue weighted by molar-refractivity contribution is 0.233. The van der Waals surface area contributed by atoms with Crippen LogP contribution in [0.1, 0.15) is 16.9 Å². The molecule has 1 aliphatic rings. The first-order valence-electron chi connectivity index (χ1n) is 9.35. The molecule has 0 bridgehead atoms. The number of hydrogen-bond donors (Lipinski definition) is 2. The molecule has 132 valence electrons. The summed E-state index contributed by atoms with van der Waals surface area (Å²) < 4.78 is 6.31. The molecule has 2 aromatic carbocycles. The number of aromatic nitrogens is 1. The number of benzene rings is 2. The third-order valence-electron chi connectivity index (χ3n) is 5.32. The fourth-order valence-corrected chi connectivity index (χ4v) is 3.96. The number of hydrogen-bond acceptors (Lipinski definition) is 3. The lowest BCUT2D eigenvalue weighted by atomic mass is 10.1. The van der Waals surface area contributed by atoms with Crippen molar-refractivity contribution in [2.24, 2.45) is 0 Å². The van der Waals surface area contributed by atoms with Crippen molar-refractivity contribution in [1.82, 2.24) is 15.2 Å². The van der Waals surface area contributed by atoms with Crippen molar-refractivity contribution in [2.45, 2.75) is 13.0 Å². The van der Waals surface area contributed by atoms with Gasteiger partial charge in [0.1, 0.15) is 11.3 Å². The van der Waals surface area contributed by atoms with E-state index in [9.17, 15) is 0 Å². The molecular formula is C22H23N3O.